The van der Waals surface area contributed by atoms with Crippen LogP contribution in [-0.2, 0) is 20.9 Å². The van der Waals surface area contributed by atoms with Gasteiger partial charge in [-0.05, 0) is 37.6 Å². The third-order valence-electron chi connectivity index (χ3n) is 7.82. The summed E-state index contributed by atoms with van der Waals surface area (Å²) in [5, 5.41) is 39.1. The highest BCUT2D eigenvalue weighted by atomic mass is 16.6. The lowest BCUT2D eigenvalue weighted by atomic mass is 10.1. The molecule has 1 fully saturated rings. The Hall–Kier alpha value is -5.99. The molecule has 1 aromatic carbocycles. The summed E-state index contributed by atoms with van der Waals surface area (Å²) in [5.41, 5.74) is 13.8. The quantitative estimate of drug-likeness (QED) is 0.103. The van der Waals surface area contributed by atoms with Crippen molar-refractivity contribution in [3.8, 4) is 6.01 Å². The molecule has 2 aliphatic rings. The van der Waals surface area contributed by atoms with Gasteiger partial charge in [0.2, 0.25) is 5.95 Å². The lowest BCUT2D eigenvalue weighted by Gasteiger charge is -2.19. The van der Waals surface area contributed by atoms with Crippen LogP contribution in [0.5, 0.6) is 6.01 Å². The van der Waals surface area contributed by atoms with Crippen molar-refractivity contribution >= 4 is 46.5 Å². The number of nitrogens with one attached hydrogen (secondary N) is 1. The number of anilines is 3. The molecule has 1 unspecified atom stereocenters. The van der Waals surface area contributed by atoms with Crippen LogP contribution < -0.4 is 32.0 Å². The van der Waals surface area contributed by atoms with E-state index in [4.69, 9.17) is 31.2 Å². The second-order valence-electron chi connectivity index (χ2n) is 11.4. The van der Waals surface area contributed by atoms with Crippen molar-refractivity contribution < 1.29 is 44.3 Å². The van der Waals surface area contributed by atoms with Gasteiger partial charge in [0.1, 0.15) is 18.2 Å². The highest BCUT2D eigenvalue weighted by Gasteiger charge is 2.51. The molecule has 264 valence electrons. The highest BCUT2D eigenvalue weighted by molar-refractivity contribution is 5.97. The Kier molecular flexibility index (Phi) is 10.3. The van der Waals surface area contributed by atoms with Crippen molar-refractivity contribution in [3.05, 3.63) is 63.8 Å². The fraction of sp³-hybridized carbons (Fsp3) is 0.367. The van der Waals surface area contributed by atoms with Crippen LogP contribution in [-0.4, -0.2) is 106 Å². The van der Waals surface area contributed by atoms with Gasteiger partial charge in [0.25, 0.3) is 11.5 Å². The fourth-order valence-electron chi connectivity index (χ4n) is 5.19. The minimum atomic E-state index is -1.30. The first-order chi connectivity index (χ1) is 23.7. The van der Waals surface area contributed by atoms with Crippen molar-refractivity contribution in [2.24, 2.45) is 0 Å². The lowest BCUT2D eigenvalue weighted by Crippen LogP contribution is -2.41. The number of nitrogens with two attached hydrogens (primary N) is 2. The molecule has 1 amide bonds. The number of amides is 1. The molecular weight excluding hydrogens is 660 g/mol. The largest absolute Gasteiger partial charge is 0.481 e. The number of aliphatic hydroxyl groups excluding tert-OH is 2. The predicted molar refractivity (Wildman–Crippen MR) is 173 cm³/mol. The molecule has 1 saturated heterocycles. The molecular formula is C30H34N10O10. The zero-order chi connectivity index (χ0) is 36.3. The summed E-state index contributed by atoms with van der Waals surface area (Å²) < 4.78 is 12.4. The number of fused-ring (bicyclic) bond motifs is 4. The van der Waals surface area contributed by atoms with Crippen LogP contribution in [0.15, 0.2) is 41.5 Å². The number of carboxylic acid groups (broad SMARTS) is 2. The van der Waals surface area contributed by atoms with Gasteiger partial charge in [-0.3, -0.25) is 19.0 Å². The lowest BCUT2D eigenvalue weighted by molar-refractivity contribution is -0.140. The number of ether oxygens (including phenoxy) is 2. The molecule has 4 aromatic rings. The molecule has 6 rings (SSSR count). The Balaban J connectivity index is 0.000000237. The minimum absolute atomic E-state index is 0.0138. The maximum absolute atomic E-state index is 12.4. The van der Waals surface area contributed by atoms with E-state index >= 15 is 0 Å². The zero-order valence-electron chi connectivity index (χ0n) is 26.7. The second-order valence-corrected chi connectivity index (χ2v) is 11.4. The number of aromatic nitrogens is 6. The first kappa shape index (κ1) is 35.3. The third kappa shape index (κ3) is 7.66. The van der Waals surface area contributed by atoms with Gasteiger partial charge in [0.15, 0.2) is 29.3 Å². The number of benzene rings is 1. The average molecular weight is 695 g/mol. The van der Waals surface area contributed by atoms with Crippen LogP contribution in [0, 0.1) is 6.92 Å². The number of carbonyl (C=O) groups is 3. The van der Waals surface area contributed by atoms with Crippen LogP contribution in [0.25, 0.3) is 11.2 Å². The van der Waals surface area contributed by atoms with Gasteiger partial charge in [-0.2, -0.15) is 15.0 Å². The van der Waals surface area contributed by atoms with Gasteiger partial charge in [-0.25, -0.2) is 14.8 Å². The molecule has 20 heteroatoms. The number of carbonyl (C=O) groups excluding carboxylic acids is 1. The molecule has 9 N–H and O–H groups in total. The molecule has 3 aromatic heterocycles. The summed E-state index contributed by atoms with van der Waals surface area (Å²) >= 11 is 0. The fourth-order valence-corrected chi connectivity index (χ4v) is 5.19. The molecule has 5 heterocycles. The van der Waals surface area contributed by atoms with Crippen molar-refractivity contribution in [1.82, 2.24) is 34.8 Å². The monoisotopic (exact) mass is 694 g/mol. The van der Waals surface area contributed by atoms with Crippen LogP contribution in [0.4, 0.5) is 17.5 Å². The number of nitrogen functional groups attached to an aromatic ring is 2. The van der Waals surface area contributed by atoms with E-state index in [9.17, 15) is 29.4 Å². The average Bonchev–Trinajstić information content (AvgIpc) is 3.58. The van der Waals surface area contributed by atoms with E-state index in [1.807, 2.05) is 11.9 Å². The maximum Gasteiger partial charge on any atom is 0.326 e. The summed E-state index contributed by atoms with van der Waals surface area (Å²) in [6.07, 6.45) is -0.210. The Morgan fingerprint density at radius 3 is 2.48 bits per heavy atom. The summed E-state index contributed by atoms with van der Waals surface area (Å²) in [7, 11) is 1.82. The van der Waals surface area contributed by atoms with E-state index < -0.39 is 48.4 Å². The van der Waals surface area contributed by atoms with Crippen LogP contribution in [0.1, 0.15) is 40.7 Å². The molecule has 0 spiro atoms. The van der Waals surface area contributed by atoms with Crippen molar-refractivity contribution in [2.45, 2.75) is 56.9 Å². The van der Waals surface area contributed by atoms with Crippen LogP contribution in [0.3, 0.4) is 0 Å². The minimum Gasteiger partial charge on any atom is -0.481 e. The SMILES string of the molecule is CN(Cc1cnc2nc(N)nc(N)c2n1)c1ccc(C(=O)N[C@@H](CCC(=O)O)C(=O)O)cc1.Cc1cn2c(nc1=O)O[C@H]1C(O)[C@@H](CO)O[C@H]12. The Labute approximate surface area is 282 Å². The molecule has 0 radical (unpaired) electrons. The topological polar surface area (TPSA) is 304 Å². The molecule has 50 heavy (non-hydrogen) atoms. The number of aryl methyl sites for hydroxylation is 1. The van der Waals surface area contributed by atoms with Gasteiger partial charge in [-0.15, -0.1) is 0 Å². The number of rotatable bonds is 10. The number of aliphatic hydroxyl groups is 2. The zero-order valence-corrected chi connectivity index (χ0v) is 26.7. The molecule has 0 bridgehead atoms. The van der Waals surface area contributed by atoms with Gasteiger partial charge in [0, 0.05) is 36.5 Å². The molecule has 0 saturated carbocycles. The van der Waals surface area contributed by atoms with Gasteiger partial charge in [0.05, 0.1) is 25.0 Å². The second kappa shape index (κ2) is 14.6. The highest BCUT2D eigenvalue weighted by Crippen LogP contribution is 2.38. The van der Waals surface area contributed by atoms with E-state index in [1.165, 1.54) is 12.1 Å². The van der Waals surface area contributed by atoms with E-state index in [0.29, 0.717) is 29.0 Å². The Morgan fingerprint density at radius 1 is 1.10 bits per heavy atom. The summed E-state index contributed by atoms with van der Waals surface area (Å²) in [6.45, 7) is 1.74. The van der Waals surface area contributed by atoms with Crippen molar-refractivity contribution in [2.75, 3.05) is 30.0 Å². The van der Waals surface area contributed by atoms with Crippen molar-refractivity contribution in [1.29, 1.82) is 0 Å². The molecule has 20 nitrogen and oxygen atoms in total. The smallest absolute Gasteiger partial charge is 0.326 e. The Bertz CT molecular complexity index is 1980. The summed E-state index contributed by atoms with van der Waals surface area (Å²) in [4.78, 5) is 67.8. The van der Waals surface area contributed by atoms with E-state index in [-0.39, 0.29) is 48.3 Å². The van der Waals surface area contributed by atoms with E-state index in [2.05, 4.69) is 30.2 Å². The van der Waals surface area contributed by atoms with Crippen molar-refractivity contribution in [3.63, 3.8) is 0 Å². The number of aliphatic carboxylic acids is 2. The van der Waals surface area contributed by atoms with Gasteiger partial charge in [-0.1, -0.05) is 0 Å². The maximum atomic E-state index is 12.4. The van der Waals surface area contributed by atoms with Crippen LogP contribution >= 0.6 is 0 Å². The number of hydrogen-bond donors (Lipinski definition) is 7. The third-order valence-corrected chi connectivity index (χ3v) is 7.82. The Morgan fingerprint density at radius 2 is 1.82 bits per heavy atom. The number of nitrogens with zero attached hydrogens (tertiary/aromatic N) is 7. The standard InChI is InChI=1S/C20H22N8O5.C10H12N2O5/c1-28(9-11-8-23-17-15(24-11)16(21)26-20(22)27-17)12-4-2-10(3-5-12)18(31)25-13(19(32)33)6-7-14(29)30;1-4-2-12-9-7(6(14)5(3-13)16-9)17-10(12)11-8(4)15/h2-5,8,13H,6-7,9H2,1H3,(H,25,31)(H,29,30)(H,32,33)(H4,21,22,23,26,27);2,5-7,9,13-14H,3H2,1H3/t13-;5-,6?,7+,9-/m01/s1. The molecule has 5 atom stereocenters. The molecule has 2 aliphatic heterocycles. The summed E-state index contributed by atoms with van der Waals surface area (Å²) in [6, 6.07) is 5.30. The first-order valence-corrected chi connectivity index (χ1v) is 15.1. The number of hydrogen-bond acceptors (Lipinski definition) is 16. The van der Waals surface area contributed by atoms with E-state index in [1.54, 1.807) is 36.0 Å². The van der Waals surface area contributed by atoms with Crippen LogP contribution in [0.2, 0.25) is 0 Å². The molecule has 0 aliphatic carbocycles. The van der Waals surface area contributed by atoms with Gasteiger partial charge >= 0.3 is 17.9 Å². The summed E-state index contributed by atoms with van der Waals surface area (Å²) in [5.74, 6) is -2.91. The first-order valence-electron chi connectivity index (χ1n) is 15.1. The van der Waals surface area contributed by atoms with Gasteiger partial charge < -0.3 is 51.6 Å². The van der Waals surface area contributed by atoms with E-state index in [0.717, 1.165) is 5.69 Å². The predicted octanol–water partition coefficient (Wildman–Crippen LogP) is -1.17. The number of carboxylic acids is 2. The normalized spacial score (nSPS) is 19.4.